The van der Waals surface area contributed by atoms with Gasteiger partial charge in [-0.25, -0.2) is 0 Å². The molecular weight excluding hydrogens is 246 g/mol. The van der Waals surface area contributed by atoms with E-state index in [-0.39, 0.29) is 0 Å². The molecule has 20 heavy (non-hydrogen) atoms. The molecule has 0 unspecified atom stereocenters. The van der Waals surface area contributed by atoms with Gasteiger partial charge in [-0.1, -0.05) is 12.2 Å². The number of fused-ring (bicyclic) bond motifs is 3. The highest BCUT2D eigenvalue weighted by atomic mass is 15.2. The molecule has 3 heteroatoms. The molecule has 0 atom stereocenters. The van der Waals surface area contributed by atoms with Crippen LogP contribution in [0.15, 0.2) is 18.2 Å². The fourth-order valence-corrected chi connectivity index (χ4v) is 3.32. The number of anilines is 1. The summed E-state index contributed by atoms with van der Waals surface area (Å²) in [6.45, 7) is 4.57. The maximum atomic E-state index is 3.54. The fourth-order valence-electron chi connectivity index (χ4n) is 3.32. The van der Waals surface area contributed by atoms with Crippen LogP contribution in [0.5, 0.6) is 0 Å². The number of nitrogens with one attached hydrogen (secondary N) is 1. The second-order valence-electron chi connectivity index (χ2n) is 5.96. The lowest BCUT2D eigenvalue weighted by molar-refractivity contribution is 0.313. The van der Waals surface area contributed by atoms with Crippen LogP contribution in [0.3, 0.4) is 0 Å². The monoisotopic (exact) mass is 267 g/mol. The average Bonchev–Trinajstić information content (AvgIpc) is 2.86. The number of likely N-dealkylation sites (N-methyl/N-ethyl adjacent to an activating group) is 1. The Morgan fingerprint density at radius 1 is 1.00 bits per heavy atom. The SMILES string of the molecule is CN1CCN(c2ccc3[nH]c4c(c3c2)=CCCC=4)CC1. The molecule has 2 aliphatic rings. The molecule has 2 aromatic rings. The number of benzene rings is 1. The Morgan fingerprint density at radius 3 is 2.65 bits per heavy atom. The number of H-pyrrole nitrogens is 1. The van der Waals surface area contributed by atoms with E-state index >= 15 is 0 Å². The van der Waals surface area contributed by atoms with Gasteiger partial charge in [0.05, 0.1) is 0 Å². The number of aromatic nitrogens is 1. The van der Waals surface area contributed by atoms with E-state index < -0.39 is 0 Å². The van der Waals surface area contributed by atoms with E-state index in [0.717, 1.165) is 32.6 Å². The van der Waals surface area contributed by atoms with Crippen molar-refractivity contribution < 1.29 is 0 Å². The van der Waals surface area contributed by atoms with Crippen LogP contribution in [-0.2, 0) is 0 Å². The highest BCUT2D eigenvalue weighted by Gasteiger charge is 2.15. The van der Waals surface area contributed by atoms with Crippen molar-refractivity contribution in [3.05, 3.63) is 28.8 Å². The second-order valence-corrected chi connectivity index (χ2v) is 5.96. The zero-order valence-corrected chi connectivity index (χ0v) is 12.0. The summed E-state index contributed by atoms with van der Waals surface area (Å²) in [7, 11) is 2.20. The number of nitrogens with zero attached hydrogens (tertiary/aromatic N) is 2. The summed E-state index contributed by atoms with van der Waals surface area (Å²) >= 11 is 0. The topological polar surface area (TPSA) is 22.3 Å². The molecule has 0 amide bonds. The highest BCUT2D eigenvalue weighted by molar-refractivity contribution is 5.85. The van der Waals surface area contributed by atoms with Gasteiger partial charge in [-0.05, 0) is 38.1 Å². The first-order chi connectivity index (χ1) is 9.81. The van der Waals surface area contributed by atoms with Gasteiger partial charge in [0.15, 0.2) is 0 Å². The zero-order chi connectivity index (χ0) is 13.5. The first-order valence-electron chi connectivity index (χ1n) is 7.57. The Bertz CT molecular complexity index is 748. The third-order valence-corrected chi connectivity index (χ3v) is 4.58. The van der Waals surface area contributed by atoms with E-state index in [4.69, 9.17) is 0 Å². The molecule has 1 saturated heterocycles. The molecule has 0 saturated carbocycles. The quantitative estimate of drug-likeness (QED) is 0.841. The van der Waals surface area contributed by atoms with E-state index in [1.54, 1.807) is 0 Å². The van der Waals surface area contributed by atoms with Crippen LogP contribution in [0.1, 0.15) is 12.8 Å². The van der Waals surface area contributed by atoms with E-state index in [2.05, 4.69) is 52.2 Å². The Labute approximate surface area is 119 Å². The van der Waals surface area contributed by atoms with Gasteiger partial charge in [-0.3, -0.25) is 0 Å². The summed E-state index contributed by atoms with van der Waals surface area (Å²) in [6.07, 6.45) is 7.02. The van der Waals surface area contributed by atoms with Crippen molar-refractivity contribution in [3.8, 4) is 0 Å². The van der Waals surface area contributed by atoms with Crippen LogP contribution in [-0.4, -0.2) is 43.1 Å². The van der Waals surface area contributed by atoms with E-state index in [0.29, 0.717) is 0 Å². The minimum absolute atomic E-state index is 1.13. The maximum Gasteiger partial charge on any atom is 0.0466 e. The highest BCUT2D eigenvalue weighted by Crippen LogP contribution is 2.20. The third kappa shape index (κ3) is 1.93. The predicted molar refractivity (Wildman–Crippen MR) is 85.4 cm³/mol. The van der Waals surface area contributed by atoms with Crippen molar-refractivity contribution in [2.75, 3.05) is 38.1 Å². The number of hydrogen-bond acceptors (Lipinski definition) is 2. The van der Waals surface area contributed by atoms with Gasteiger partial charge in [0.2, 0.25) is 0 Å². The number of aromatic amines is 1. The van der Waals surface area contributed by atoms with Crippen molar-refractivity contribution in [3.63, 3.8) is 0 Å². The predicted octanol–water partition coefficient (Wildman–Crippen LogP) is 1.27. The number of piperazine rings is 1. The molecule has 1 aliphatic carbocycles. The molecule has 4 rings (SSSR count). The number of rotatable bonds is 1. The standard InChI is InChI=1S/C17H21N3/c1-19-8-10-20(11-9-19)13-6-7-17-15(12-13)14-4-2-3-5-16(14)18-17/h4-7,12,18H,2-3,8-11H2,1H3. The van der Waals surface area contributed by atoms with Gasteiger partial charge in [0.1, 0.15) is 0 Å². The summed E-state index contributed by atoms with van der Waals surface area (Å²) < 4.78 is 0. The van der Waals surface area contributed by atoms with Gasteiger partial charge in [-0.15, -0.1) is 0 Å². The molecule has 1 fully saturated rings. The van der Waals surface area contributed by atoms with Gasteiger partial charge in [0.25, 0.3) is 0 Å². The van der Waals surface area contributed by atoms with Crippen LogP contribution in [0, 0.1) is 0 Å². The average molecular weight is 267 g/mol. The molecule has 2 heterocycles. The van der Waals surface area contributed by atoms with Crippen LogP contribution in [0.2, 0.25) is 0 Å². The molecule has 1 aliphatic heterocycles. The first kappa shape index (κ1) is 12.0. The Balaban J connectivity index is 1.79. The van der Waals surface area contributed by atoms with Crippen LogP contribution < -0.4 is 15.5 Å². The van der Waals surface area contributed by atoms with Crippen molar-refractivity contribution in [1.29, 1.82) is 0 Å². The summed E-state index contributed by atoms with van der Waals surface area (Å²) in [6, 6.07) is 6.87. The number of hydrogen-bond donors (Lipinski definition) is 1. The first-order valence-corrected chi connectivity index (χ1v) is 7.57. The molecule has 0 radical (unpaired) electrons. The summed E-state index contributed by atoms with van der Waals surface area (Å²) in [5.74, 6) is 0. The largest absolute Gasteiger partial charge is 0.369 e. The zero-order valence-electron chi connectivity index (χ0n) is 12.0. The molecule has 104 valence electrons. The minimum Gasteiger partial charge on any atom is -0.369 e. The Hall–Kier alpha value is -1.74. The van der Waals surface area contributed by atoms with Crippen LogP contribution in [0.25, 0.3) is 23.1 Å². The van der Waals surface area contributed by atoms with Gasteiger partial charge in [-0.2, -0.15) is 0 Å². The maximum absolute atomic E-state index is 3.54. The Kier molecular flexibility index (Phi) is 2.81. The molecule has 1 N–H and O–H groups in total. The normalized spacial score (nSPS) is 19.6. The van der Waals surface area contributed by atoms with Gasteiger partial charge < -0.3 is 14.8 Å². The van der Waals surface area contributed by atoms with Crippen molar-refractivity contribution in [2.45, 2.75) is 12.8 Å². The van der Waals surface area contributed by atoms with Gasteiger partial charge in [0, 0.05) is 53.3 Å². The van der Waals surface area contributed by atoms with Crippen LogP contribution in [0.4, 0.5) is 5.69 Å². The molecular formula is C17H21N3. The molecule has 1 aromatic carbocycles. The van der Waals surface area contributed by atoms with Crippen molar-refractivity contribution in [1.82, 2.24) is 9.88 Å². The van der Waals surface area contributed by atoms with E-state index in [9.17, 15) is 0 Å². The molecule has 0 bridgehead atoms. The third-order valence-electron chi connectivity index (χ3n) is 4.58. The molecule has 1 aromatic heterocycles. The second kappa shape index (κ2) is 4.67. The van der Waals surface area contributed by atoms with Crippen molar-refractivity contribution in [2.24, 2.45) is 0 Å². The lowest BCUT2D eigenvalue weighted by Crippen LogP contribution is -2.44. The smallest absolute Gasteiger partial charge is 0.0466 e. The van der Waals surface area contributed by atoms with Crippen molar-refractivity contribution >= 4 is 28.7 Å². The summed E-state index contributed by atoms with van der Waals surface area (Å²) in [4.78, 5) is 8.44. The van der Waals surface area contributed by atoms with Crippen LogP contribution >= 0.6 is 0 Å². The minimum atomic E-state index is 1.13. The van der Waals surface area contributed by atoms with E-state index in [1.165, 1.54) is 33.6 Å². The lowest BCUT2D eigenvalue weighted by Gasteiger charge is -2.34. The molecule has 3 nitrogen and oxygen atoms in total. The lowest BCUT2D eigenvalue weighted by atomic mass is 10.1. The fraction of sp³-hybridized carbons (Fsp3) is 0.412. The Morgan fingerprint density at radius 2 is 1.80 bits per heavy atom. The summed E-state index contributed by atoms with van der Waals surface area (Å²) in [5.41, 5.74) is 2.63. The summed E-state index contributed by atoms with van der Waals surface area (Å²) in [5, 5.41) is 4.09. The van der Waals surface area contributed by atoms with Gasteiger partial charge >= 0.3 is 0 Å². The molecule has 0 spiro atoms. The van der Waals surface area contributed by atoms with E-state index in [1.807, 2.05) is 0 Å².